The number of carbonyl (C=O) groups is 3. The van der Waals surface area contributed by atoms with Gasteiger partial charge in [-0.15, -0.1) is 0 Å². The Balaban J connectivity index is 2.31. The lowest BCUT2D eigenvalue weighted by Gasteiger charge is -2.23. The van der Waals surface area contributed by atoms with Crippen LogP contribution >= 0.6 is 15.9 Å². The number of hydrogen-bond donors (Lipinski definition) is 2. The van der Waals surface area contributed by atoms with Crippen molar-refractivity contribution in [3.05, 3.63) is 34.3 Å². The van der Waals surface area contributed by atoms with Gasteiger partial charge in [0.2, 0.25) is 5.91 Å². The van der Waals surface area contributed by atoms with Gasteiger partial charge in [0.25, 0.3) is 5.91 Å². The van der Waals surface area contributed by atoms with E-state index >= 15 is 0 Å². The van der Waals surface area contributed by atoms with Crippen LogP contribution in [-0.2, 0) is 15.1 Å². The molecule has 0 spiro atoms. The van der Waals surface area contributed by atoms with Crippen LogP contribution < -0.4 is 11.1 Å². The lowest BCUT2D eigenvalue weighted by Crippen LogP contribution is -2.41. The van der Waals surface area contributed by atoms with Crippen molar-refractivity contribution in [3.63, 3.8) is 0 Å². The molecule has 1 saturated heterocycles. The average Bonchev–Trinajstić information content (AvgIpc) is 2.59. The van der Waals surface area contributed by atoms with Gasteiger partial charge in [0.15, 0.2) is 0 Å². The fourth-order valence-corrected chi connectivity index (χ4v) is 2.85. The largest absolute Gasteiger partial charge is 0.370 e. The maximum absolute atomic E-state index is 12.5. The molecular formula is C13H14BrN3O3. The molecule has 1 unspecified atom stereocenters. The van der Waals surface area contributed by atoms with Crippen molar-refractivity contribution in [1.29, 1.82) is 0 Å². The third-order valence-electron chi connectivity index (χ3n) is 3.27. The molecule has 1 aromatic rings. The summed E-state index contributed by atoms with van der Waals surface area (Å²) in [5.41, 5.74) is 4.57. The van der Waals surface area contributed by atoms with Gasteiger partial charge in [0.05, 0.1) is 0 Å². The van der Waals surface area contributed by atoms with Crippen LogP contribution in [0.1, 0.15) is 18.9 Å². The van der Waals surface area contributed by atoms with Crippen molar-refractivity contribution in [2.75, 3.05) is 6.54 Å². The fraction of sp³-hybridized carbons (Fsp3) is 0.308. The van der Waals surface area contributed by atoms with Gasteiger partial charge in [-0.3, -0.25) is 14.5 Å². The summed E-state index contributed by atoms with van der Waals surface area (Å²) in [7, 11) is 0. The second kappa shape index (κ2) is 5.24. The molecule has 7 heteroatoms. The molecule has 4 amide bonds. The maximum atomic E-state index is 12.5. The zero-order chi connectivity index (χ0) is 14.9. The van der Waals surface area contributed by atoms with E-state index in [1.165, 1.54) is 0 Å². The zero-order valence-electron chi connectivity index (χ0n) is 10.9. The smallest absolute Gasteiger partial charge is 0.325 e. The zero-order valence-corrected chi connectivity index (χ0v) is 12.4. The first-order valence-corrected chi connectivity index (χ1v) is 6.83. The first-order valence-electron chi connectivity index (χ1n) is 6.03. The fourth-order valence-electron chi connectivity index (χ4n) is 2.17. The Morgan fingerprint density at radius 3 is 2.65 bits per heavy atom. The van der Waals surface area contributed by atoms with E-state index < -0.39 is 23.4 Å². The van der Waals surface area contributed by atoms with Gasteiger partial charge in [-0.1, -0.05) is 34.1 Å². The van der Waals surface area contributed by atoms with Gasteiger partial charge in [0, 0.05) is 23.0 Å². The van der Waals surface area contributed by atoms with Crippen molar-refractivity contribution in [3.8, 4) is 0 Å². The first kappa shape index (κ1) is 14.5. The van der Waals surface area contributed by atoms with Crippen LogP contribution in [0, 0.1) is 0 Å². The number of rotatable bonds is 4. The minimum absolute atomic E-state index is 0.0138. The number of nitrogens with two attached hydrogens (primary N) is 1. The van der Waals surface area contributed by atoms with Crippen molar-refractivity contribution < 1.29 is 14.4 Å². The maximum Gasteiger partial charge on any atom is 0.325 e. The first-order chi connectivity index (χ1) is 9.36. The Hall–Kier alpha value is -1.89. The lowest BCUT2D eigenvalue weighted by atomic mass is 9.92. The summed E-state index contributed by atoms with van der Waals surface area (Å²) in [5, 5.41) is 2.67. The third-order valence-corrected chi connectivity index (χ3v) is 3.96. The van der Waals surface area contributed by atoms with Gasteiger partial charge in [0.1, 0.15) is 5.54 Å². The van der Waals surface area contributed by atoms with Crippen LogP contribution in [0.3, 0.4) is 0 Å². The van der Waals surface area contributed by atoms with Crippen molar-refractivity contribution in [1.82, 2.24) is 10.2 Å². The Morgan fingerprint density at radius 1 is 1.40 bits per heavy atom. The second-order valence-corrected chi connectivity index (χ2v) is 5.56. The summed E-state index contributed by atoms with van der Waals surface area (Å²) < 4.78 is 0.730. The minimum Gasteiger partial charge on any atom is -0.370 e. The van der Waals surface area contributed by atoms with E-state index in [0.29, 0.717) is 5.56 Å². The topological polar surface area (TPSA) is 92.5 Å². The molecule has 1 aromatic carbocycles. The van der Waals surface area contributed by atoms with Gasteiger partial charge < -0.3 is 11.1 Å². The number of hydrogen-bond acceptors (Lipinski definition) is 3. The standard InChI is InChI=1S/C13H14BrN3O3/c1-13(8-4-2-3-5-9(8)14)11(19)17(12(20)16-13)7-6-10(15)18/h2-5H,6-7H2,1H3,(H2,15,18)(H,16,20). The molecule has 1 aliphatic rings. The molecule has 1 aliphatic heterocycles. The van der Waals surface area contributed by atoms with Crippen LogP contribution in [-0.4, -0.2) is 29.3 Å². The van der Waals surface area contributed by atoms with Crippen LogP contribution in [0.5, 0.6) is 0 Å². The van der Waals surface area contributed by atoms with Crippen molar-refractivity contribution in [2.45, 2.75) is 18.9 Å². The van der Waals surface area contributed by atoms with Gasteiger partial charge in [-0.05, 0) is 13.0 Å². The summed E-state index contributed by atoms with van der Waals surface area (Å²) in [6.45, 7) is 1.62. The van der Waals surface area contributed by atoms with E-state index in [1.807, 2.05) is 6.07 Å². The number of urea groups is 1. The van der Waals surface area contributed by atoms with Crippen molar-refractivity contribution in [2.24, 2.45) is 5.73 Å². The monoisotopic (exact) mass is 339 g/mol. The molecule has 3 N–H and O–H groups in total. The number of amides is 4. The molecule has 0 aromatic heterocycles. The highest BCUT2D eigenvalue weighted by Gasteiger charge is 2.49. The molecular weight excluding hydrogens is 326 g/mol. The van der Waals surface area contributed by atoms with E-state index in [9.17, 15) is 14.4 Å². The molecule has 0 aliphatic carbocycles. The highest BCUT2D eigenvalue weighted by molar-refractivity contribution is 9.10. The molecule has 1 fully saturated rings. The quantitative estimate of drug-likeness (QED) is 0.804. The molecule has 20 heavy (non-hydrogen) atoms. The minimum atomic E-state index is -1.14. The van der Waals surface area contributed by atoms with Gasteiger partial charge >= 0.3 is 6.03 Å². The summed E-state index contributed by atoms with van der Waals surface area (Å²) in [6.07, 6.45) is -0.0504. The van der Waals surface area contributed by atoms with E-state index in [-0.39, 0.29) is 13.0 Å². The van der Waals surface area contributed by atoms with Crippen LogP contribution in [0.2, 0.25) is 0 Å². The number of carbonyl (C=O) groups excluding carboxylic acids is 3. The molecule has 6 nitrogen and oxygen atoms in total. The van der Waals surface area contributed by atoms with E-state index in [0.717, 1.165) is 9.37 Å². The number of primary amides is 1. The molecule has 0 radical (unpaired) electrons. The second-order valence-electron chi connectivity index (χ2n) is 4.71. The molecule has 0 bridgehead atoms. The van der Waals surface area contributed by atoms with E-state index in [4.69, 9.17) is 5.73 Å². The Kier molecular flexibility index (Phi) is 3.80. The number of imide groups is 1. The molecule has 1 atom stereocenters. The van der Waals surface area contributed by atoms with E-state index in [1.54, 1.807) is 25.1 Å². The SMILES string of the molecule is CC1(c2ccccc2Br)NC(=O)N(CCC(N)=O)C1=O. The normalized spacial score (nSPS) is 22.0. The lowest BCUT2D eigenvalue weighted by molar-refractivity contribution is -0.131. The molecule has 0 saturated carbocycles. The number of nitrogens with zero attached hydrogens (tertiary/aromatic N) is 1. The summed E-state index contributed by atoms with van der Waals surface area (Å²) in [5.74, 6) is -0.948. The summed E-state index contributed by atoms with van der Waals surface area (Å²) >= 11 is 3.37. The average molecular weight is 340 g/mol. The summed E-state index contributed by atoms with van der Waals surface area (Å²) in [4.78, 5) is 36.2. The highest BCUT2D eigenvalue weighted by Crippen LogP contribution is 2.33. The molecule has 1 heterocycles. The Bertz CT molecular complexity index is 590. The molecule has 106 valence electrons. The number of nitrogens with one attached hydrogen (secondary N) is 1. The van der Waals surface area contributed by atoms with E-state index in [2.05, 4.69) is 21.2 Å². The van der Waals surface area contributed by atoms with Gasteiger partial charge in [-0.2, -0.15) is 0 Å². The Morgan fingerprint density at radius 2 is 2.05 bits per heavy atom. The predicted molar refractivity (Wildman–Crippen MR) is 75.6 cm³/mol. The van der Waals surface area contributed by atoms with Crippen LogP contribution in [0.15, 0.2) is 28.7 Å². The predicted octanol–water partition coefficient (Wildman–Crippen LogP) is 1.09. The highest BCUT2D eigenvalue weighted by atomic mass is 79.9. The van der Waals surface area contributed by atoms with Crippen molar-refractivity contribution >= 4 is 33.8 Å². The molecule has 2 rings (SSSR count). The third kappa shape index (κ3) is 2.40. The number of halogens is 1. The Labute approximate surface area is 124 Å². The van der Waals surface area contributed by atoms with Crippen LogP contribution in [0.25, 0.3) is 0 Å². The van der Waals surface area contributed by atoms with Gasteiger partial charge in [-0.25, -0.2) is 4.79 Å². The number of benzene rings is 1. The summed E-state index contributed by atoms with van der Waals surface area (Å²) in [6, 6.07) is 6.65. The van der Waals surface area contributed by atoms with Crippen LogP contribution in [0.4, 0.5) is 4.79 Å².